The molecule has 1 aliphatic rings. The first-order valence-corrected chi connectivity index (χ1v) is 10.7. The van der Waals surface area contributed by atoms with Crippen molar-refractivity contribution in [3.63, 3.8) is 0 Å². The Morgan fingerprint density at radius 3 is 2.90 bits per heavy atom. The van der Waals surface area contributed by atoms with Crippen LogP contribution in [-0.4, -0.2) is 34.7 Å². The molecule has 0 radical (unpaired) electrons. The second kappa shape index (κ2) is 6.78. The fraction of sp³-hybridized carbons (Fsp3) is 0.0909. The lowest BCUT2D eigenvalue weighted by atomic mass is 10.1. The Balaban J connectivity index is 1.49. The van der Waals surface area contributed by atoms with Gasteiger partial charge in [0.1, 0.15) is 11.5 Å². The van der Waals surface area contributed by atoms with E-state index in [4.69, 9.17) is 4.98 Å². The van der Waals surface area contributed by atoms with Gasteiger partial charge in [0, 0.05) is 29.1 Å². The van der Waals surface area contributed by atoms with E-state index in [-0.39, 0.29) is 0 Å². The van der Waals surface area contributed by atoms with E-state index < -0.39 is 0 Å². The van der Waals surface area contributed by atoms with Gasteiger partial charge in [-0.1, -0.05) is 6.07 Å². The fourth-order valence-electron chi connectivity index (χ4n) is 3.75. The molecule has 31 heavy (non-hydrogen) atoms. The van der Waals surface area contributed by atoms with Crippen LogP contribution in [0.3, 0.4) is 0 Å². The van der Waals surface area contributed by atoms with Gasteiger partial charge in [-0.15, -0.1) is 11.3 Å². The molecular weight excluding hydrogens is 408 g/mol. The van der Waals surface area contributed by atoms with E-state index >= 15 is 0 Å². The summed E-state index contributed by atoms with van der Waals surface area (Å²) in [5.41, 5.74) is 5.43. The molecule has 0 bridgehead atoms. The Labute approximate surface area is 181 Å². The third-order valence-corrected chi connectivity index (χ3v) is 6.40. The van der Waals surface area contributed by atoms with Crippen molar-refractivity contribution in [2.24, 2.45) is 7.05 Å². The van der Waals surface area contributed by atoms with E-state index in [0.717, 1.165) is 50.9 Å². The minimum atomic E-state index is 0.694. The van der Waals surface area contributed by atoms with E-state index in [2.05, 4.69) is 54.1 Å². The highest BCUT2D eigenvalue weighted by molar-refractivity contribution is 7.11. The maximum atomic E-state index is 4.81. The van der Waals surface area contributed by atoms with Crippen LogP contribution in [0, 0.1) is 6.92 Å². The highest BCUT2D eigenvalue weighted by Gasteiger charge is 2.21. The molecule has 0 unspecified atom stereocenters. The number of anilines is 1. The summed E-state index contributed by atoms with van der Waals surface area (Å²) in [5.74, 6) is 2.40. The third-order valence-electron chi connectivity index (χ3n) is 5.49. The van der Waals surface area contributed by atoms with Gasteiger partial charge in [-0.2, -0.15) is 5.10 Å². The molecule has 0 fully saturated rings. The number of aromatic nitrogens is 7. The van der Waals surface area contributed by atoms with Crippen molar-refractivity contribution >= 4 is 33.6 Å². The molecule has 152 valence electrons. The lowest BCUT2D eigenvalue weighted by molar-refractivity contribution is 0.862. The van der Waals surface area contributed by atoms with Gasteiger partial charge in [0.15, 0.2) is 11.6 Å². The summed E-state index contributed by atoms with van der Waals surface area (Å²) in [6, 6.07) is 6.19. The van der Waals surface area contributed by atoms with Crippen LogP contribution < -0.4 is 5.32 Å². The van der Waals surface area contributed by atoms with Gasteiger partial charge in [-0.3, -0.25) is 10.1 Å². The summed E-state index contributed by atoms with van der Waals surface area (Å²) >= 11 is 1.70. The van der Waals surface area contributed by atoms with Crippen LogP contribution in [0.4, 0.5) is 5.82 Å². The fourth-order valence-corrected chi connectivity index (χ4v) is 4.51. The summed E-state index contributed by atoms with van der Waals surface area (Å²) in [5, 5.41) is 13.9. The molecule has 6 heterocycles. The number of hydrogen-bond donors (Lipinski definition) is 3. The second-order valence-corrected chi connectivity index (χ2v) is 8.25. The molecule has 6 rings (SSSR count). The van der Waals surface area contributed by atoms with E-state index in [1.165, 1.54) is 4.88 Å². The van der Waals surface area contributed by atoms with Crippen molar-refractivity contribution in [3.05, 3.63) is 70.7 Å². The van der Waals surface area contributed by atoms with Gasteiger partial charge in [0.25, 0.3) is 0 Å². The van der Waals surface area contributed by atoms with E-state index in [1.807, 2.05) is 43.1 Å². The van der Waals surface area contributed by atoms with Gasteiger partial charge >= 0.3 is 0 Å². The Hall–Kier alpha value is -3.98. The zero-order valence-electron chi connectivity index (χ0n) is 16.8. The first-order valence-electron chi connectivity index (χ1n) is 9.80. The van der Waals surface area contributed by atoms with Crippen molar-refractivity contribution in [1.82, 2.24) is 34.7 Å². The maximum Gasteiger partial charge on any atom is 0.161 e. The van der Waals surface area contributed by atoms with Gasteiger partial charge in [-0.05, 0) is 36.6 Å². The Morgan fingerprint density at radius 1 is 1.16 bits per heavy atom. The molecule has 9 heteroatoms. The highest BCUT2D eigenvalue weighted by Crippen LogP contribution is 2.35. The van der Waals surface area contributed by atoms with E-state index in [1.54, 1.807) is 17.5 Å². The smallest absolute Gasteiger partial charge is 0.161 e. The topological polar surface area (TPSA) is 100 Å². The number of pyridine rings is 1. The number of hydrogen-bond acceptors (Lipinski definition) is 6. The van der Waals surface area contributed by atoms with Gasteiger partial charge in [-0.25, -0.2) is 9.97 Å². The first kappa shape index (κ1) is 17.8. The molecule has 0 spiro atoms. The van der Waals surface area contributed by atoms with Crippen molar-refractivity contribution in [2.75, 3.05) is 5.32 Å². The standard InChI is InChI=1S/C22H18N8S/c1-12-24-11-17(30(12)2)15-9-14-16(10-25-15)28-29-20(14)22-26-19-13(18-6-4-8-31-18)5-3-7-23-21(19)27-22/h3-11,23H,1-2H3,(H,26,27)(H,28,29). The Bertz CT molecular complexity index is 1480. The molecule has 5 aromatic rings. The molecule has 1 aliphatic heterocycles. The molecule has 0 aromatic carbocycles. The average Bonchev–Trinajstić information content (AvgIpc) is 3.56. The van der Waals surface area contributed by atoms with Crippen molar-refractivity contribution in [2.45, 2.75) is 6.92 Å². The second-order valence-electron chi connectivity index (χ2n) is 7.31. The SMILES string of the molecule is Cc1ncc(-c2cc3c(-c4nc5c([nH]4)C(c4cccs4)=CC=CN5)n[nH]c3cn2)n1C. The number of nitrogens with zero attached hydrogens (tertiary/aromatic N) is 5. The molecular formula is C22H18N8S. The van der Waals surface area contributed by atoms with Crippen LogP contribution in [0.2, 0.25) is 0 Å². The minimum absolute atomic E-state index is 0.694. The number of allylic oxidation sites excluding steroid dienone is 2. The molecule has 0 atom stereocenters. The van der Waals surface area contributed by atoms with Crippen molar-refractivity contribution < 1.29 is 0 Å². The number of aryl methyl sites for hydroxylation is 1. The monoisotopic (exact) mass is 426 g/mol. The zero-order valence-corrected chi connectivity index (χ0v) is 17.7. The van der Waals surface area contributed by atoms with Crippen LogP contribution in [-0.2, 0) is 7.05 Å². The predicted molar refractivity (Wildman–Crippen MR) is 123 cm³/mol. The lowest BCUT2D eigenvalue weighted by Crippen LogP contribution is -1.95. The number of H-pyrrole nitrogens is 2. The Kier molecular flexibility index (Phi) is 3.90. The molecule has 0 amide bonds. The van der Waals surface area contributed by atoms with Crippen LogP contribution in [0.1, 0.15) is 16.4 Å². The molecule has 8 nitrogen and oxygen atoms in total. The number of nitrogens with one attached hydrogen (secondary N) is 3. The number of rotatable bonds is 3. The highest BCUT2D eigenvalue weighted by atomic mass is 32.1. The number of aromatic amines is 2. The van der Waals surface area contributed by atoms with Crippen LogP contribution in [0.15, 0.2) is 54.3 Å². The van der Waals surface area contributed by atoms with Crippen LogP contribution in [0.25, 0.3) is 39.4 Å². The van der Waals surface area contributed by atoms with Crippen LogP contribution in [0.5, 0.6) is 0 Å². The van der Waals surface area contributed by atoms with Gasteiger partial charge in [0.05, 0.1) is 35.0 Å². The lowest BCUT2D eigenvalue weighted by Gasteiger charge is -2.03. The molecule has 0 aliphatic carbocycles. The quantitative estimate of drug-likeness (QED) is 0.395. The van der Waals surface area contributed by atoms with Gasteiger partial charge < -0.3 is 14.9 Å². The molecule has 3 N–H and O–H groups in total. The molecule has 0 saturated heterocycles. The van der Waals surface area contributed by atoms with Crippen molar-refractivity contribution in [3.8, 4) is 22.9 Å². The third kappa shape index (κ3) is 2.82. The minimum Gasteiger partial charge on any atom is -0.345 e. The van der Waals surface area contributed by atoms with Crippen molar-refractivity contribution in [1.29, 1.82) is 0 Å². The Morgan fingerprint density at radius 2 is 2.10 bits per heavy atom. The molecule has 0 saturated carbocycles. The van der Waals surface area contributed by atoms with E-state index in [9.17, 15) is 0 Å². The summed E-state index contributed by atoms with van der Waals surface area (Å²) < 4.78 is 2.03. The predicted octanol–water partition coefficient (Wildman–Crippen LogP) is 4.49. The summed E-state index contributed by atoms with van der Waals surface area (Å²) in [7, 11) is 1.99. The normalized spacial score (nSPS) is 13.2. The number of imidazole rings is 2. The maximum absolute atomic E-state index is 4.81. The molecule has 5 aromatic heterocycles. The summed E-state index contributed by atoms with van der Waals surface area (Å²) in [4.78, 5) is 18.5. The summed E-state index contributed by atoms with van der Waals surface area (Å²) in [6.07, 6.45) is 9.60. The zero-order chi connectivity index (χ0) is 20.9. The van der Waals surface area contributed by atoms with Crippen LogP contribution >= 0.6 is 11.3 Å². The average molecular weight is 427 g/mol. The van der Waals surface area contributed by atoms with E-state index in [0.29, 0.717) is 5.82 Å². The first-order chi connectivity index (χ1) is 15.2. The largest absolute Gasteiger partial charge is 0.345 e. The number of thiophene rings is 1. The summed E-state index contributed by atoms with van der Waals surface area (Å²) in [6.45, 7) is 1.97. The number of fused-ring (bicyclic) bond motifs is 2. The van der Waals surface area contributed by atoms with Gasteiger partial charge in [0.2, 0.25) is 0 Å².